The highest BCUT2D eigenvalue weighted by Gasteiger charge is 2.54. The number of aliphatic hydroxyl groups is 1. The van der Waals surface area contributed by atoms with Crippen molar-refractivity contribution in [2.24, 2.45) is 5.92 Å². The van der Waals surface area contributed by atoms with Crippen molar-refractivity contribution in [1.82, 2.24) is 4.90 Å². The molecule has 0 aromatic heterocycles. The normalized spacial score (nSPS) is 31.7. The first-order valence-corrected chi connectivity index (χ1v) is 10.8. The predicted octanol–water partition coefficient (Wildman–Crippen LogP) is 3.35. The van der Waals surface area contributed by atoms with Crippen molar-refractivity contribution in [3.8, 4) is 11.5 Å². The van der Waals surface area contributed by atoms with Gasteiger partial charge < -0.3 is 19.3 Å². The van der Waals surface area contributed by atoms with Crippen LogP contribution in [0.1, 0.15) is 40.2 Å². The van der Waals surface area contributed by atoms with Crippen molar-refractivity contribution >= 4 is 17.6 Å². The summed E-state index contributed by atoms with van der Waals surface area (Å²) in [5.41, 5.74) is 2.62. The molecule has 1 saturated heterocycles. The topological polar surface area (TPSA) is 68.2 Å². The zero-order chi connectivity index (χ0) is 20.4. The molecule has 0 amide bonds. The van der Waals surface area contributed by atoms with Gasteiger partial charge in [-0.15, -0.1) is 0 Å². The van der Waals surface area contributed by atoms with Crippen LogP contribution >= 0.6 is 11.6 Å². The molecule has 0 unspecified atom stereocenters. The Bertz CT molecular complexity index is 1010. The Hall–Kier alpha value is -2.28. The van der Waals surface area contributed by atoms with Gasteiger partial charge in [0.2, 0.25) is 6.79 Å². The third-order valence-corrected chi connectivity index (χ3v) is 7.25. The first kappa shape index (κ1) is 18.5. The summed E-state index contributed by atoms with van der Waals surface area (Å²) in [7, 11) is 0. The Kier molecular flexibility index (Phi) is 4.23. The quantitative estimate of drug-likeness (QED) is 0.741. The second-order valence-corrected chi connectivity index (χ2v) is 9.06. The molecular formula is C23H22ClNO5. The average molecular weight is 428 g/mol. The average Bonchev–Trinajstić information content (AvgIpc) is 3.35. The van der Waals surface area contributed by atoms with Crippen LogP contribution in [0.15, 0.2) is 36.4 Å². The van der Waals surface area contributed by atoms with Crippen molar-refractivity contribution in [3.05, 3.63) is 58.1 Å². The highest BCUT2D eigenvalue weighted by Crippen LogP contribution is 2.51. The van der Waals surface area contributed by atoms with E-state index in [1.165, 1.54) is 5.56 Å². The zero-order valence-electron chi connectivity index (χ0n) is 16.3. The lowest BCUT2D eigenvalue weighted by molar-refractivity contribution is -0.0805. The number of benzene rings is 2. The van der Waals surface area contributed by atoms with Crippen LogP contribution in [0.4, 0.5) is 0 Å². The first-order chi connectivity index (χ1) is 14.6. The molecule has 1 N–H and O–H groups in total. The molecule has 3 aliphatic heterocycles. The number of halogens is 1. The van der Waals surface area contributed by atoms with Crippen molar-refractivity contribution in [1.29, 1.82) is 0 Å². The summed E-state index contributed by atoms with van der Waals surface area (Å²) < 4.78 is 16.8. The van der Waals surface area contributed by atoms with E-state index in [9.17, 15) is 9.90 Å². The molecule has 2 aromatic carbocycles. The molecular weight excluding hydrogens is 406 g/mol. The number of rotatable bonds is 2. The highest BCUT2D eigenvalue weighted by molar-refractivity contribution is 6.30. The zero-order valence-corrected chi connectivity index (χ0v) is 17.0. The molecule has 156 valence electrons. The molecule has 1 aliphatic carbocycles. The maximum Gasteiger partial charge on any atom is 0.338 e. The lowest BCUT2D eigenvalue weighted by Gasteiger charge is -2.47. The Morgan fingerprint density at radius 2 is 1.90 bits per heavy atom. The van der Waals surface area contributed by atoms with Crippen LogP contribution in [-0.2, 0) is 11.3 Å². The second-order valence-electron chi connectivity index (χ2n) is 8.63. The van der Waals surface area contributed by atoms with Crippen molar-refractivity contribution in [2.45, 2.75) is 43.6 Å². The summed E-state index contributed by atoms with van der Waals surface area (Å²) in [6.45, 7) is 1.89. The van der Waals surface area contributed by atoms with Gasteiger partial charge in [0.05, 0.1) is 11.7 Å². The van der Waals surface area contributed by atoms with Crippen LogP contribution in [0.3, 0.4) is 0 Å². The maximum absolute atomic E-state index is 12.7. The molecule has 2 aromatic rings. The minimum Gasteiger partial charge on any atom is -0.455 e. The number of carbonyl (C=O) groups is 1. The van der Waals surface area contributed by atoms with E-state index in [1.807, 2.05) is 18.2 Å². The lowest BCUT2D eigenvalue weighted by Crippen LogP contribution is -2.55. The number of hydrogen-bond acceptors (Lipinski definition) is 6. The van der Waals surface area contributed by atoms with E-state index >= 15 is 0 Å². The van der Waals surface area contributed by atoms with Gasteiger partial charge >= 0.3 is 5.97 Å². The molecule has 2 fully saturated rings. The predicted molar refractivity (Wildman–Crippen MR) is 109 cm³/mol. The van der Waals surface area contributed by atoms with Gasteiger partial charge in [-0.2, -0.15) is 0 Å². The Balaban J connectivity index is 1.41. The fourth-order valence-corrected chi connectivity index (χ4v) is 5.85. The fourth-order valence-electron chi connectivity index (χ4n) is 5.72. The molecule has 4 aliphatic rings. The molecule has 0 radical (unpaired) electrons. The standard InChI is InChI=1S/C23H22ClNO5/c24-14-3-1-12(2-4-14)10-25-6-5-13-7-17(26)22-20(21(13)25)15-8-18-19(29-11-28-18)9-16(15)23(27)30-22/h1-4,8-9,13,17,20-22,26H,5-7,10-11H2/t13-,17+,20+,21-,22+/m1/s1. The summed E-state index contributed by atoms with van der Waals surface area (Å²) in [5.74, 6) is 1.08. The number of hydrogen-bond donors (Lipinski definition) is 1. The smallest absolute Gasteiger partial charge is 0.338 e. The number of esters is 1. The third kappa shape index (κ3) is 2.82. The van der Waals surface area contributed by atoms with Gasteiger partial charge in [-0.3, -0.25) is 4.90 Å². The highest BCUT2D eigenvalue weighted by atomic mass is 35.5. The van der Waals surface area contributed by atoms with E-state index < -0.39 is 18.2 Å². The number of fused-ring (bicyclic) bond motifs is 6. The SMILES string of the molecule is O=C1O[C@@H]2[C@@H](c3cc4c(cc31)OCO4)[C@H]1[C@H](CCN1Cc1ccc(Cl)cc1)C[C@@H]2O. The minimum atomic E-state index is -0.658. The first-order valence-electron chi connectivity index (χ1n) is 10.4. The van der Waals surface area contributed by atoms with Gasteiger partial charge in [0.25, 0.3) is 0 Å². The second kappa shape index (κ2) is 6.87. The summed E-state index contributed by atoms with van der Waals surface area (Å²) >= 11 is 6.05. The van der Waals surface area contributed by atoms with Crippen molar-refractivity contribution in [2.75, 3.05) is 13.3 Å². The van der Waals surface area contributed by atoms with E-state index in [0.717, 1.165) is 30.1 Å². The van der Waals surface area contributed by atoms with Crippen molar-refractivity contribution < 1.29 is 24.1 Å². The molecule has 30 heavy (non-hydrogen) atoms. The van der Waals surface area contributed by atoms with Crippen LogP contribution in [0.2, 0.25) is 5.02 Å². The number of likely N-dealkylation sites (tertiary alicyclic amines) is 1. The Labute approximate surface area is 179 Å². The van der Waals surface area contributed by atoms with Crippen LogP contribution in [0.5, 0.6) is 11.5 Å². The van der Waals surface area contributed by atoms with E-state index in [4.69, 9.17) is 25.8 Å². The molecule has 1 saturated carbocycles. The number of aliphatic hydroxyl groups excluding tert-OH is 1. The van der Waals surface area contributed by atoms with Gasteiger partial charge in [0.1, 0.15) is 6.10 Å². The molecule has 6 nitrogen and oxygen atoms in total. The minimum absolute atomic E-state index is 0.101. The van der Waals surface area contributed by atoms with Crippen LogP contribution in [-0.4, -0.2) is 47.6 Å². The van der Waals surface area contributed by atoms with Crippen LogP contribution in [0.25, 0.3) is 0 Å². The van der Waals surface area contributed by atoms with Crippen LogP contribution in [0, 0.1) is 5.92 Å². The molecule has 0 spiro atoms. The molecule has 6 rings (SSSR count). The van der Waals surface area contributed by atoms with Crippen LogP contribution < -0.4 is 9.47 Å². The number of carbonyl (C=O) groups excluding carboxylic acids is 1. The largest absolute Gasteiger partial charge is 0.455 e. The fraction of sp³-hybridized carbons (Fsp3) is 0.435. The molecule has 3 heterocycles. The number of nitrogens with zero attached hydrogens (tertiary/aromatic N) is 1. The van der Waals surface area contributed by atoms with Gasteiger partial charge in [-0.25, -0.2) is 4.79 Å². The summed E-state index contributed by atoms with van der Waals surface area (Å²) in [6.07, 6.45) is 0.467. The summed E-state index contributed by atoms with van der Waals surface area (Å²) in [5, 5.41) is 11.6. The van der Waals surface area contributed by atoms with E-state index in [2.05, 4.69) is 17.0 Å². The summed E-state index contributed by atoms with van der Waals surface area (Å²) in [4.78, 5) is 15.2. The Morgan fingerprint density at radius 3 is 2.70 bits per heavy atom. The monoisotopic (exact) mass is 427 g/mol. The van der Waals surface area contributed by atoms with E-state index in [-0.39, 0.29) is 18.8 Å². The maximum atomic E-state index is 12.7. The van der Waals surface area contributed by atoms with Crippen molar-refractivity contribution in [3.63, 3.8) is 0 Å². The third-order valence-electron chi connectivity index (χ3n) is 7.00. The lowest BCUT2D eigenvalue weighted by atomic mass is 9.69. The molecule has 7 heteroatoms. The van der Waals surface area contributed by atoms with Gasteiger partial charge in [-0.1, -0.05) is 23.7 Å². The summed E-state index contributed by atoms with van der Waals surface area (Å²) in [6, 6.07) is 11.8. The molecule has 5 atom stereocenters. The van der Waals surface area contributed by atoms with Gasteiger partial charge in [0, 0.05) is 23.5 Å². The number of ether oxygens (including phenoxy) is 3. The van der Waals surface area contributed by atoms with E-state index in [0.29, 0.717) is 29.4 Å². The van der Waals surface area contributed by atoms with E-state index in [1.54, 1.807) is 6.07 Å². The molecule has 0 bridgehead atoms. The van der Waals surface area contributed by atoms with Gasteiger partial charge in [0.15, 0.2) is 11.5 Å². The van der Waals surface area contributed by atoms with Gasteiger partial charge in [-0.05, 0) is 60.7 Å². The Morgan fingerprint density at radius 1 is 1.13 bits per heavy atom.